The highest BCUT2D eigenvalue weighted by molar-refractivity contribution is 7.99. The molecule has 2 heterocycles. The zero-order valence-corrected chi connectivity index (χ0v) is 16.1. The maximum absolute atomic E-state index is 12.3. The number of primary amides is 1. The number of carbonyl (C=O) groups excluding carboxylic acids is 2. The second-order valence-electron chi connectivity index (χ2n) is 6.35. The molecular weight excluding hydrogens is 358 g/mol. The molecule has 3 rings (SSSR count). The molecule has 0 radical (unpaired) electrons. The Morgan fingerprint density at radius 1 is 1.44 bits per heavy atom. The second-order valence-corrected chi connectivity index (χ2v) is 8.39. The number of thiophene rings is 1. The molecule has 1 aliphatic carbocycles. The van der Waals surface area contributed by atoms with E-state index in [2.05, 4.69) is 22.4 Å². The zero-order chi connectivity index (χ0) is 18.1. The van der Waals surface area contributed by atoms with Gasteiger partial charge in [-0.3, -0.25) is 9.59 Å². The monoisotopic (exact) mass is 379 g/mol. The topological polar surface area (TPSA) is 103 Å². The Labute approximate surface area is 154 Å². The van der Waals surface area contributed by atoms with Gasteiger partial charge in [0, 0.05) is 11.9 Å². The molecule has 0 saturated carbocycles. The molecule has 0 aliphatic heterocycles. The van der Waals surface area contributed by atoms with Gasteiger partial charge in [0.15, 0.2) is 5.16 Å². The van der Waals surface area contributed by atoms with E-state index in [1.165, 1.54) is 28.0 Å². The first kappa shape index (κ1) is 17.9. The number of rotatable bonds is 5. The molecule has 0 unspecified atom stereocenters. The van der Waals surface area contributed by atoms with E-state index in [0.29, 0.717) is 21.6 Å². The fourth-order valence-electron chi connectivity index (χ4n) is 2.91. The van der Waals surface area contributed by atoms with E-state index in [1.54, 1.807) is 0 Å². The average Bonchev–Trinajstić information content (AvgIpc) is 3.05. The fraction of sp³-hybridized carbons (Fsp3) is 0.500. The van der Waals surface area contributed by atoms with E-state index in [0.717, 1.165) is 30.7 Å². The third-order valence-corrected chi connectivity index (χ3v) is 6.59. The number of thioether (sulfide) groups is 1. The number of aromatic nitrogens is 3. The molecule has 0 spiro atoms. The van der Waals surface area contributed by atoms with Crippen molar-refractivity contribution >= 4 is 39.9 Å². The van der Waals surface area contributed by atoms with Gasteiger partial charge in [-0.2, -0.15) is 0 Å². The number of nitrogens with one attached hydrogen (secondary N) is 1. The summed E-state index contributed by atoms with van der Waals surface area (Å²) in [5, 5.41) is 12.1. The van der Waals surface area contributed by atoms with Gasteiger partial charge in [-0.05, 0) is 37.7 Å². The standard InChI is InChI=1S/C16H21N5O2S2/c1-8-4-5-10-11(6-8)25-15(13(10)14(17)23)18-12(22)7-24-16-20-19-9(2)21(16)3/h8H,4-7H2,1-3H3,(H2,17,23)(H,18,22)/t8-/m1/s1. The highest BCUT2D eigenvalue weighted by Gasteiger charge is 2.27. The maximum Gasteiger partial charge on any atom is 0.251 e. The van der Waals surface area contributed by atoms with Crippen LogP contribution in [0.4, 0.5) is 5.00 Å². The van der Waals surface area contributed by atoms with Gasteiger partial charge in [0.2, 0.25) is 5.91 Å². The number of hydrogen-bond donors (Lipinski definition) is 2. The number of fused-ring (bicyclic) bond motifs is 1. The van der Waals surface area contributed by atoms with Crippen LogP contribution in [0.25, 0.3) is 0 Å². The summed E-state index contributed by atoms with van der Waals surface area (Å²) in [6, 6.07) is 0. The Morgan fingerprint density at radius 2 is 2.20 bits per heavy atom. The van der Waals surface area contributed by atoms with Gasteiger partial charge in [-0.25, -0.2) is 0 Å². The lowest BCUT2D eigenvalue weighted by Gasteiger charge is -2.18. The Bertz CT molecular complexity index is 827. The van der Waals surface area contributed by atoms with Crippen molar-refractivity contribution < 1.29 is 9.59 Å². The largest absolute Gasteiger partial charge is 0.365 e. The minimum atomic E-state index is -0.473. The average molecular weight is 380 g/mol. The van der Waals surface area contributed by atoms with Crippen molar-refractivity contribution in [2.24, 2.45) is 18.7 Å². The van der Waals surface area contributed by atoms with Crippen LogP contribution >= 0.6 is 23.1 Å². The van der Waals surface area contributed by atoms with Crippen LogP contribution < -0.4 is 11.1 Å². The van der Waals surface area contributed by atoms with Crippen molar-refractivity contribution in [3.63, 3.8) is 0 Å². The summed E-state index contributed by atoms with van der Waals surface area (Å²) in [4.78, 5) is 25.4. The van der Waals surface area contributed by atoms with E-state index in [9.17, 15) is 9.59 Å². The molecule has 1 aliphatic rings. The first-order chi connectivity index (χ1) is 11.9. The first-order valence-corrected chi connectivity index (χ1v) is 9.90. The number of carbonyl (C=O) groups is 2. The molecule has 2 amide bonds. The summed E-state index contributed by atoms with van der Waals surface area (Å²) in [6.07, 6.45) is 2.82. The molecule has 3 N–H and O–H groups in total. The minimum Gasteiger partial charge on any atom is -0.365 e. The molecule has 1 atom stereocenters. The predicted molar refractivity (Wildman–Crippen MR) is 99.1 cm³/mol. The Morgan fingerprint density at radius 3 is 2.84 bits per heavy atom. The number of nitrogens with zero attached hydrogens (tertiary/aromatic N) is 3. The number of hydrogen-bond acceptors (Lipinski definition) is 6. The van der Waals surface area contributed by atoms with Gasteiger partial charge in [0.05, 0.1) is 11.3 Å². The van der Waals surface area contributed by atoms with E-state index in [-0.39, 0.29) is 11.7 Å². The predicted octanol–water partition coefficient (Wildman–Crippen LogP) is 2.14. The van der Waals surface area contributed by atoms with Crippen LogP contribution in [-0.4, -0.2) is 32.3 Å². The fourth-order valence-corrected chi connectivity index (χ4v) is 5.09. The maximum atomic E-state index is 12.3. The molecule has 9 heteroatoms. The van der Waals surface area contributed by atoms with Gasteiger partial charge in [-0.15, -0.1) is 21.5 Å². The van der Waals surface area contributed by atoms with E-state index in [4.69, 9.17) is 5.73 Å². The van der Waals surface area contributed by atoms with Gasteiger partial charge < -0.3 is 15.6 Å². The van der Waals surface area contributed by atoms with Crippen molar-refractivity contribution in [1.82, 2.24) is 14.8 Å². The molecule has 25 heavy (non-hydrogen) atoms. The van der Waals surface area contributed by atoms with E-state index in [1.807, 2.05) is 18.5 Å². The smallest absolute Gasteiger partial charge is 0.251 e. The molecule has 2 aromatic rings. The minimum absolute atomic E-state index is 0.181. The molecular formula is C16H21N5O2S2. The Kier molecular flexibility index (Phi) is 5.14. The number of amides is 2. The molecule has 0 fully saturated rings. The summed E-state index contributed by atoms with van der Waals surface area (Å²) in [5.74, 6) is 0.922. The number of anilines is 1. The molecule has 7 nitrogen and oxygen atoms in total. The third-order valence-electron chi connectivity index (χ3n) is 4.40. The lowest BCUT2D eigenvalue weighted by atomic mass is 9.88. The third kappa shape index (κ3) is 3.72. The van der Waals surface area contributed by atoms with Gasteiger partial charge in [0.25, 0.3) is 5.91 Å². The van der Waals surface area contributed by atoms with Crippen LogP contribution in [0.3, 0.4) is 0 Å². The van der Waals surface area contributed by atoms with Crippen LogP contribution in [0.1, 0.15) is 40.0 Å². The van der Waals surface area contributed by atoms with Gasteiger partial charge >= 0.3 is 0 Å². The zero-order valence-electron chi connectivity index (χ0n) is 14.5. The van der Waals surface area contributed by atoms with Crippen molar-refractivity contribution in [3.8, 4) is 0 Å². The first-order valence-electron chi connectivity index (χ1n) is 8.09. The number of nitrogens with two attached hydrogens (primary N) is 1. The number of aryl methyl sites for hydroxylation is 1. The normalized spacial score (nSPS) is 16.5. The summed E-state index contributed by atoms with van der Waals surface area (Å²) < 4.78 is 1.83. The van der Waals surface area contributed by atoms with Crippen LogP contribution in [0.15, 0.2) is 5.16 Å². The van der Waals surface area contributed by atoms with E-state index < -0.39 is 5.91 Å². The second kappa shape index (κ2) is 7.17. The Balaban J connectivity index is 1.72. The highest BCUT2D eigenvalue weighted by Crippen LogP contribution is 2.39. The molecule has 134 valence electrons. The van der Waals surface area contributed by atoms with Gasteiger partial charge in [0.1, 0.15) is 10.8 Å². The lowest BCUT2D eigenvalue weighted by molar-refractivity contribution is -0.113. The van der Waals surface area contributed by atoms with Crippen molar-refractivity contribution in [1.29, 1.82) is 0 Å². The van der Waals surface area contributed by atoms with Crippen molar-refractivity contribution in [3.05, 3.63) is 21.8 Å². The quantitative estimate of drug-likeness (QED) is 0.775. The van der Waals surface area contributed by atoms with Crippen LogP contribution in [-0.2, 0) is 24.7 Å². The van der Waals surface area contributed by atoms with Crippen molar-refractivity contribution in [2.45, 2.75) is 38.3 Å². The summed E-state index contributed by atoms with van der Waals surface area (Å²) in [7, 11) is 1.86. The SMILES string of the molecule is Cc1nnc(SCC(=O)Nc2sc3c(c2C(N)=O)CC[C@@H](C)C3)n1C. The van der Waals surface area contributed by atoms with E-state index >= 15 is 0 Å². The van der Waals surface area contributed by atoms with Crippen LogP contribution in [0.2, 0.25) is 0 Å². The lowest BCUT2D eigenvalue weighted by Crippen LogP contribution is -2.20. The van der Waals surface area contributed by atoms with Crippen molar-refractivity contribution in [2.75, 3.05) is 11.1 Å². The van der Waals surface area contributed by atoms with Crippen LogP contribution in [0.5, 0.6) is 0 Å². The molecule has 0 aromatic carbocycles. The van der Waals surface area contributed by atoms with Gasteiger partial charge in [-0.1, -0.05) is 18.7 Å². The summed E-state index contributed by atoms with van der Waals surface area (Å²) in [5.41, 5.74) is 7.07. The molecule has 2 aromatic heterocycles. The van der Waals surface area contributed by atoms with Crippen LogP contribution in [0, 0.1) is 12.8 Å². The molecule has 0 bridgehead atoms. The summed E-state index contributed by atoms with van der Waals surface area (Å²) in [6.45, 7) is 4.05. The summed E-state index contributed by atoms with van der Waals surface area (Å²) >= 11 is 2.79. The Hall–Kier alpha value is -1.87. The molecule has 0 saturated heterocycles. The highest BCUT2D eigenvalue weighted by atomic mass is 32.2.